The third-order valence-electron chi connectivity index (χ3n) is 3.50. The second-order valence-electron chi connectivity index (χ2n) is 4.98. The van der Waals surface area contributed by atoms with Crippen LogP contribution in [0.15, 0.2) is 61.3 Å². The normalized spacial score (nSPS) is 10.8. The Kier molecular flexibility index (Phi) is 4.21. The maximum Gasteiger partial charge on any atom is 0.180 e. The van der Waals surface area contributed by atoms with Crippen molar-refractivity contribution in [2.75, 3.05) is 13.2 Å². The fourth-order valence-electron chi connectivity index (χ4n) is 2.56. The molecular formula is C18H19N3O. The van der Waals surface area contributed by atoms with Gasteiger partial charge in [0.2, 0.25) is 0 Å². The molecular weight excluding hydrogens is 274 g/mol. The van der Waals surface area contributed by atoms with Crippen LogP contribution in [-0.4, -0.2) is 22.5 Å². The minimum atomic E-state index is 0.458. The summed E-state index contributed by atoms with van der Waals surface area (Å²) in [6, 6.07) is 14.0. The highest BCUT2D eigenvalue weighted by molar-refractivity contribution is 5.69. The number of imidazole rings is 1. The van der Waals surface area contributed by atoms with Crippen LogP contribution in [0.25, 0.3) is 16.9 Å². The lowest BCUT2D eigenvalue weighted by Gasteiger charge is -2.06. The Balaban J connectivity index is 2.19. The maximum atomic E-state index is 5.79. The van der Waals surface area contributed by atoms with Gasteiger partial charge in [-0.1, -0.05) is 43.0 Å². The van der Waals surface area contributed by atoms with Gasteiger partial charge in [-0.3, -0.25) is 0 Å². The molecule has 22 heavy (non-hydrogen) atoms. The number of aromatic nitrogens is 2. The molecule has 3 aromatic rings. The number of hydrogen-bond acceptors (Lipinski definition) is 3. The SMILES string of the molecule is C=CCOc1cccn2c(CCN)c(-c3ccccc3)nc12. The van der Waals surface area contributed by atoms with E-state index in [9.17, 15) is 0 Å². The molecule has 0 bridgehead atoms. The minimum absolute atomic E-state index is 0.458. The number of rotatable bonds is 6. The standard InChI is InChI=1S/C18H19N3O/c1-2-13-22-16-9-6-12-21-15(10-11-19)17(20-18(16)21)14-7-4-3-5-8-14/h2-9,12H,1,10-11,13,19H2. The van der Waals surface area contributed by atoms with Crippen molar-refractivity contribution in [1.29, 1.82) is 0 Å². The zero-order valence-corrected chi connectivity index (χ0v) is 12.4. The van der Waals surface area contributed by atoms with E-state index in [1.165, 1.54) is 0 Å². The van der Waals surface area contributed by atoms with E-state index in [2.05, 4.69) is 23.1 Å². The molecule has 0 atom stereocenters. The number of hydrogen-bond donors (Lipinski definition) is 1. The lowest BCUT2D eigenvalue weighted by Crippen LogP contribution is -2.06. The molecule has 3 rings (SSSR count). The van der Waals surface area contributed by atoms with Crippen LogP contribution >= 0.6 is 0 Å². The monoisotopic (exact) mass is 293 g/mol. The molecule has 4 heteroatoms. The van der Waals surface area contributed by atoms with Crippen molar-refractivity contribution in [2.45, 2.75) is 6.42 Å². The van der Waals surface area contributed by atoms with E-state index in [1.807, 2.05) is 36.5 Å². The van der Waals surface area contributed by atoms with Crippen LogP contribution in [0, 0.1) is 0 Å². The Morgan fingerprint density at radius 1 is 1.18 bits per heavy atom. The largest absolute Gasteiger partial charge is 0.486 e. The van der Waals surface area contributed by atoms with E-state index in [0.29, 0.717) is 13.2 Å². The molecule has 0 radical (unpaired) electrons. The third kappa shape index (κ3) is 2.61. The number of nitrogens with zero attached hydrogens (tertiary/aromatic N) is 2. The Bertz CT molecular complexity index is 778. The van der Waals surface area contributed by atoms with Gasteiger partial charge >= 0.3 is 0 Å². The second kappa shape index (κ2) is 6.45. The molecule has 0 aliphatic carbocycles. The van der Waals surface area contributed by atoms with Gasteiger partial charge in [0.1, 0.15) is 6.61 Å². The average Bonchev–Trinajstić information content (AvgIpc) is 2.93. The molecule has 1 aromatic carbocycles. The van der Waals surface area contributed by atoms with Gasteiger partial charge in [-0.15, -0.1) is 0 Å². The summed E-state index contributed by atoms with van der Waals surface area (Å²) in [6.45, 7) is 4.72. The number of fused-ring (bicyclic) bond motifs is 1. The predicted molar refractivity (Wildman–Crippen MR) is 89.1 cm³/mol. The van der Waals surface area contributed by atoms with E-state index in [0.717, 1.165) is 34.8 Å². The molecule has 0 saturated heterocycles. The fourth-order valence-corrected chi connectivity index (χ4v) is 2.56. The summed E-state index contributed by atoms with van der Waals surface area (Å²) in [5.41, 5.74) is 9.75. The van der Waals surface area contributed by atoms with Crippen molar-refractivity contribution in [2.24, 2.45) is 5.73 Å². The average molecular weight is 293 g/mol. The van der Waals surface area contributed by atoms with Crippen molar-refractivity contribution in [3.8, 4) is 17.0 Å². The highest BCUT2D eigenvalue weighted by atomic mass is 16.5. The molecule has 0 unspecified atom stereocenters. The first-order valence-electron chi connectivity index (χ1n) is 7.34. The van der Waals surface area contributed by atoms with E-state index < -0.39 is 0 Å². The van der Waals surface area contributed by atoms with Gasteiger partial charge < -0.3 is 14.9 Å². The van der Waals surface area contributed by atoms with Crippen molar-refractivity contribution >= 4 is 5.65 Å². The van der Waals surface area contributed by atoms with E-state index in [1.54, 1.807) is 6.08 Å². The number of pyridine rings is 1. The number of ether oxygens (including phenoxy) is 1. The molecule has 2 heterocycles. The van der Waals surface area contributed by atoms with Gasteiger partial charge in [-0.05, 0) is 18.7 Å². The zero-order chi connectivity index (χ0) is 15.4. The summed E-state index contributed by atoms with van der Waals surface area (Å²) in [7, 11) is 0. The first-order chi connectivity index (χ1) is 10.8. The summed E-state index contributed by atoms with van der Waals surface area (Å²) in [5.74, 6) is 0.753. The summed E-state index contributed by atoms with van der Waals surface area (Å²) >= 11 is 0. The molecule has 0 spiro atoms. The smallest absolute Gasteiger partial charge is 0.180 e. The molecule has 4 nitrogen and oxygen atoms in total. The van der Waals surface area contributed by atoms with Crippen LogP contribution in [0.2, 0.25) is 0 Å². The molecule has 0 aliphatic heterocycles. The van der Waals surface area contributed by atoms with Gasteiger partial charge in [-0.25, -0.2) is 4.98 Å². The zero-order valence-electron chi connectivity index (χ0n) is 12.4. The van der Waals surface area contributed by atoms with Crippen molar-refractivity contribution < 1.29 is 4.74 Å². The summed E-state index contributed by atoms with van der Waals surface area (Å²) in [6.07, 6.45) is 4.49. The van der Waals surface area contributed by atoms with E-state index >= 15 is 0 Å². The Labute approximate surface area is 129 Å². The van der Waals surface area contributed by atoms with Gasteiger partial charge in [0.25, 0.3) is 0 Å². The van der Waals surface area contributed by atoms with Crippen LogP contribution in [0.1, 0.15) is 5.69 Å². The molecule has 2 aromatic heterocycles. The van der Waals surface area contributed by atoms with Crippen LogP contribution in [0.3, 0.4) is 0 Å². The fraction of sp³-hybridized carbons (Fsp3) is 0.167. The topological polar surface area (TPSA) is 52.5 Å². The maximum absolute atomic E-state index is 5.79. The first kappa shape index (κ1) is 14.4. The Hall–Kier alpha value is -2.59. The highest BCUT2D eigenvalue weighted by Gasteiger charge is 2.15. The van der Waals surface area contributed by atoms with Crippen LogP contribution in [-0.2, 0) is 6.42 Å². The van der Waals surface area contributed by atoms with Crippen LogP contribution < -0.4 is 10.5 Å². The molecule has 0 saturated carbocycles. The Morgan fingerprint density at radius 3 is 2.73 bits per heavy atom. The third-order valence-corrected chi connectivity index (χ3v) is 3.50. The summed E-state index contributed by atoms with van der Waals surface area (Å²) in [4.78, 5) is 4.80. The minimum Gasteiger partial charge on any atom is -0.486 e. The second-order valence-corrected chi connectivity index (χ2v) is 4.98. The Morgan fingerprint density at radius 2 is 2.00 bits per heavy atom. The van der Waals surface area contributed by atoms with E-state index in [4.69, 9.17) is 15.5 Å². The lowest BCUT2D eigenvalue weighted by molar-refractivity contribution is 0.365. The van der Waals surface area contributed by atoms with Crippen molar-refractivity contribution in [3.05, 3.63) is 67.0 Å². The quantitative estimate of drug-likeness (QED) is 0.711. The number of nitrogens with two attached hydrogens (primary N) is 1. The van der Waals surface area contributed by atoms with Gasteiger partial charge in [0, 0.05) is 18.2 Å². The van der Waals surface area contributed by atoms with Gasteiger partial charge in [0.15, 0.2) is 11.4 Å². The molecule has 0 aliphatic rings. The van der Waals surface area contributed by atoms with Crippen molar-refractivity contribution in [1.82, 2.24) is 9.38 Å². The predicted octanol–water partition coefficient (Wildman–Crippen LogP) is 3.07. The summed E-state index contributed by atoms with van der Waals surface area (Å²) in [5, 5.41) is 0. The van der Waals surface area contributed by atoms with Crippen LogP contribution in [0.4, 0.5) is 0 Å². The molecule has 0 fully saturated rings. The molecule has 0 amide bonds. The van der Waals surface area contributed by atoms with Crippen molar-refractivity contribution in [3.63, 3.8) is 0 Å². The van der Waals surface area contributed by atoms with E-state index in [-0.39, 0.29) is 0 Å². The molecule has 2 N–H and O–H groups in total. The first-order valence-corrected chi connectivity index (χ1v) is 7.34. The highest BCUT2D eigenvalue weighted by Crippen LogP contribution is 2.28. The van der Waals surface area contributed by atoms with Gasteiger partial charge in [0.05, 0.1) is 11.4 Å². The summed E-state index contributed by atoms with van der Waals surface area (Å²) < 4.78 is 7.78. The van der Waals surface area contributed by atoms with Gasteiger partial charge in [-0.2, -0.15) is 0 Å². The lowest BCUT2D eigenvalue weighted by atomic mass is 10.1. The molecule has 112 valence electrons. The number of benzene rings is 1. The van der Waals surface area contributed by atoms with Crippen LogP contribution in [0.5, 0.6) is 5.75 Å².